The molecule has 1 atom stereocenters. The zero-order valence-corrected chi connectivity index (χ0v) is 14.8. The Labute approximate surface area is 153 Å². The van der Waals surface area contributed by atoms with Crippen molar-refractivity contribution >= 4 is 17.5 Å². The van der Waals surface area contributed by atoms with Crippen LogP contribution in [-0.4, -0.2) is 23.4 Å². The molecule has 1 aliphatic rings. The third-order valence-corrected chi connectivity index (χ3v) is 4.36. The standard InChI is InChI=1S/C21H23N3O2/c1-16(17-8-4-2-5-9-17)22-20(25)14-15-24-21(26)13-12-19(23-24)18-10-6-3-7-11-18/h2-12,16,23H,13-15H2,1H3,(H,22,25). The molecule has 5 nitrogen and oxygen atoms in total. The first-order valence-corrected chi connectivity index (χ1v) is 8.80. The van der Waals surface area contributed by atoms with Crippen molar-refractivity contribution in [3.05, 3.63) is 77.9 Å². The SMILES string of the molecule is CC(NC(=O)CCN1NC(c2ccccc2)=CCC1=O)c1ccccc1. The Hall–Kier alpha value is -3.08. The number of hydrogen-bond acceptors (Lipinski definition) is 3. The second kappa shape index (κ2) is 8.34. The van der Waals surface area contributed by atoms with Crippen LogP contribution in [0.15, 0.2) is 66.7 Å². The van der Waals surface area contributed by atoms with Crippen LogP contribution in [0.3, 0.4) is 0 Å². The van der Waals surface area contributed by atoms with Crippen molar-refractivity contribution in [2.24, 2.45) is 0 Å². The van der Waals surface area contributed by atoms with E-state index in [0.29, 0.717) is 13.0 Å². The molecule has 1 heterocycles. The highest BCUT2D eigenvalue weighted by molar-refractivity contribution is 5.84. The van der Waals surface area contributed by atoms with Crippen molar-refractivity contribution in [2.75, 3.05) is 6.54 Å². The second-order valence-corrected chi connectivity index (χ2v) is 6.30. The van der Waals surface area contributed by atoms with Gasteiger partial charge < -0.3 is 5.32 Å². The first kappa shape index (κ1) is 17.7. The number of hydrazine groups is 1. The van der Waals surface area contributed by atoms with Crippen LogP contribution in [0.25, 0.3) is 5.70 Å². The summed E-state index contributed by atoms with van der Waals surface area (Å²) in [4.78, 5) is 24.4. The summed E-state index contributed by atoms with van der Waals surface area (Å²) in [6.45, 7) is 2.28. The van der Waals surface area contributed by atoms with Crippen LogP contribution in [-0.2, 0) is 9.59 Å². The first-order chi connectivity index (χ1) is 12.6. The molecule has 0 saturated carbocycles. The van der Waals surface area contributed by atoms with Gasteiger partial charge in [0.25, 0.3) is 0 Å². The topological polar surface area (TPSA) is 61.4 Å². The number of carbonyl (C=O) groups excluding carboxylic acids is 2. The lowest BCUT2D eigenvalue weighted by Gasteiger charge is -2.29. The molecule has 1 unspecified atom stereocenters. The van der Waals surface area contributed by atoms with Gasteiger partial charge in [-0.15, -0.1) is 0 Å². The van der Waals surface area contributed by atoms with Crippen LogP contribution >= 0.6 is 0 Å². The molecule has 2 amide bonds. The van der Waals surface area contributed by atoms with E-state index >= 15 is 0 Å². The molecule has 26 heavy (non-hydrogen) atoms. The molecule has 0 saturated heterocycles. The maximum atomic E-state index is 12.2. The van der Waals surface area contributed by atoms with Gasteiger partial charge in [-0.1, -0.05) is 60.7 Å². The molecule has 0 fully saturated rings. The summed E-state index contributed by atoms with van der Waals surface area (Å²) in [6, 6.07) is 19.6. The van der Waals surface area contributed by atoms with E-state index in [-0.39, 0.29) is 24.3 Å². The maximum absolute atomic E-state index is 12.2. The lowest BCUT2D eigenvalue weighted by molar-refractivity contribution is -0.133. The van der Waals surface area contributed by atoms with E-state index < -0.39 is 0 Å². The highest BCUT2D eigenvalue weighted by Crippen LogP contribution is 2.17. The van der Waals surface area contributed by atoms with Gasteiger partial charge in [-0.3, -0.25) is 20.0 Å². The Morgan fingerprint density at radius 3 is 2.46 bits per heavy atom. The largest absolute Gasteiger partial charge is 0.350 e. The highest BCUT2D eigenvalue weighted by Gasteiger charge is 2.20. The van der Waals surface area contributed by atoms with Crippen molar-refractivity contribution in [1.29, 1.82) is 0 Å². The van der Waals surface area contributed by atoms with Crippen molar-refractivity contribution in [1.82, 2.24) is 15.8 Å². The van der Waals surface area contributed by atoms with Gasteiger partial charge in [0.15, 0.2) is 0 Å². The van der Waals surface area contributed by atoms with Crippen molar-refractivity contribution in [3.63, 3.8) is 0 Å². The van der Waals surface area contributed by atoms with Gasteiger partial charge in [0.05, 0.1) is 18.3 Å². The fraction of sp³-hybridized carbons (Fsp3) is 0.238. The summed E-state index contributed by atoms with van der Waals surface area (Å²) in [7, 11) is 0. The minimum Gasteiger partial charge on any atom is -0.350 e. The number of carbonyl (C=O) groups is 2. The number of rotatable bonds is 6. The average molecular weight is 349 g/mol. The molecular formula is C21H23N3O2. The molecule has 0 bridgehead atoms. The van der Waals surface area contributed by atoms with Crippen LogP contribution in [0.2, 0.25) is 0 Å². The highest BCUT2D eigenvalue weighted by atomic mass is 16.2. The number of amides is 2. The Morgan fingerprint density at radius 1 is 1.12 bits per heavy atom. The molecule has 2 aromatic carbocycles. The normalized spacial score (nSPS) is 15.0. The van der Waals surface area contributed by atoms with E-state index in [0.717, 1.165) is 16.8 Å². The Bertz CT molecular complexity index is 787. The second-order valence-electron chi connectivity index (χ2n) is 6.30. The predicted octanol–water partition coefficient (Wildman–Crippen LogP) is 3.03. The monoisotopic (exact) mass is 349 g/mol. The number of nitrogens with zero attached hydrogens (tertiary/aromatic N) is 1. The molecule has 134 valence electrons. The van der Waals surface area contributed by atoms with Crippen LogP contribution in [0, 0.1) is 0 Å². The van der Waals surface area contributed by atoms with Crippen LogP contribution < -0.4 is 10.7 Å². The Kier molecular flexibility index (Phi) is 5.69. The molecule has 0 spiro atoms. The molecule has 1 aliphatic heterocycles. The van der Waals surface area contributed by atoms with E-state index in [4.69, 9.17) is 0 Å². The quantitative estimate of drug-likeness (QED) is 0.843. The van der Waals surface area contributed by atoms with E-state index in [1.54, 1.807) is 0 Å². The summed E-state index contributed by atoms with van der Waals surface area (Å²) in [5.74, 6) is -0.111. The molecule has 0 aliphatic carbocycles. The smallest absolute Gasteiger partial charge is 0.244 e. The summed E-state index contributed by atoms with van der Waals surface area (Å²) in [5, 5.41) is 4.50. The first-order valence-electron chi connectivity index (χ1n) is 8.80. The van der Waals surface area contributed by atoms with Crippen molar-refractivity contribution < 1.29 is 9.59 Å². The fourth-order valence-electron chi connectivity index (χ4n) is 2.89. The zero-order valence-electron chi connectivity index (χ0n) is 14.8. The molecular weight excluding hydrogens is 326 g/mol. The van der Waals surface area contributed by atoms with E-state index in [1.807, 2.05) is 73.7 Å². The summed E-state index contributed by atoms with van der Waals surface area (Å²) >= 11 is 0. The van der Waals surface area contributed by atoms with Gasteiger partial charge >= 0.3 is 0 Å². The third kappa shape index (κ3) is 4.51. The Morgan fingerprint density at radius 2 is 1.77 bits per heavy atom. The molecule has 2 N–H and O–H groups in total. The summed E-state index contributed by atoms with van der Waals surface area (Å²) < 4.78 is 0. The molecule has 5 heteroatoms. The number of benzene rings is 2. The molecule has 0 radical (unpaired) electrons. The van der Waals surface area contributed by atoms with Crippen molar-refractivity contribution in [2.45, 2.75) is 25.8 Å². The zero-order chi connectivity index (χ0) is 18.4. The van der Waals surface area contributed by atoms with Crippen LogP contribution in [0.4, 0.5) is 0 Å². The fourth-order valence-corrected chi connectivity index (χ4v) is 2.89. The van der Waals surface area contributed by atoms with Crippen molar-refractivity contribution in [3.8, 4) is 0 Å². The predicted molar refractivity (Wildman–Crippen MR) is 102 cm³/mol. The third-order valence-electron chi connectivity index (χ3n) is 4.36. The minimum absolute atomic E-state index is 0.0337. The molecule has 2 aromatic rings. The van der Waals surface area contributed by atoms with Crippen LogP contribution in [0.1, 0.15) is 36.9 Å². The van der Waals surface area contributed by atoms with Gasteiger partial charge in [0.2, 0.25) is 11.8 Å². The van der Waals surface area contributed by atoms with Gasteiger partial charge in [0, 0.05) is 12.8 Å². The number of nitrogens with one attached hydrogen (secondary N) is 2. The lowest BCUT2D eigenvalue weighted by atomic mass is 10.1. The van der Waals surface area contributed by atoms with Crippen LogP contribution in [0.5, 0.6) is 0 Å². The summed E-state index contributed by atoms with van der Waals surface area (Å²) in [5.41, 5.74) is 6.09. The van der Waals surface area contributed by atoms with E-state index in [1.165, 1.54) is 5.01 Å². The maximum Gasteiger partial charge on any atom is 0.244 e. The van der Waals surface area contributed by atoms with Gasteiger partial charge in [0.1, 0.15) is 0 Å². The molecule has 3 rings (SSSR count). The lowest BCUT2D eigenvalue weighted by Crippen LogP contribution is -2.46. The average Bonchev–Trinajstić information content (AvgIpc) is 2.68. The van der Waals surface area contributed by atoms with Gasteiger partial charge in [-0.2, -0.15) is 0 Å². The van der Waals surface area contributed by atoms with Gasteiger partial charge in [-0.05, 0) is 24.1 Å². The van der Waals surface area contributed by atoms with Gasteiger partial charge in [-0.25, -0.2) is 0 Å². The summed E-state index contributed by atoms with van der Waals surface area (Å²) in [6.07, 6.45) is 2.46. The Balaban J connectivity index is 1.53. The minimum atomic E-state index is -0.0771. The molecule has 0 aromatic heterocycles. The number of hydrogen-bond donors (Lipinski definition) is 2. The van der Waals surface area contributed by atoms with E-state index in [2.05, 4.69) is 10.7 Å². The van der Waals surface area contributed by atoms with E-state index in [9.17, 15) is 9.59 Å².